The first-order valence-electron chi connectivity index (χ1n) is 9.79. The second-order valence-electron chi connectivity index (χ2n) is 7.16. The lowest BCUT2D eigenvalue weighted by molar-refractivity contribution is -0.384. The predicted molar refractivity (Wildman–Crippen MR) is 126 cm³/mol. The number of nitro groups is 1. The van der Waals surface area contributed by atoms with E-state index in [2.05, 4.69) is 10.6 Å². The molecule has 2 aromatic carbocycles. The minimum absolute atomic E-state index is 0.0850. The van der Waals surface area contributed by atoms with Crippen LogP contribution in [0, 0.1) is 17.0 Å². The molecule has 0 atom stereocenters. The number of nitrogens with zero attached hydrogens (tertiary/aromatic N) is 1. The zero-order chi connectivity index (χ0) is 26.8. The molecular formula is C22H15ClF3N3O6S. The molecule has 0 unspecified atom stereocenters. The van der Waals surface area contributed by atoms with Gasteiger partial charge in [0.25, 0.3) is 17.5 Å². The summed E-state index contributed by atoms with van der Waals surface area (Å²) < 4.78 is 43.9. The van der Waals surface area contributed by atoms with Gasteiger partial charge in [-0.05, 0) is 36.8 Å². The summed E-state index contributed by atoms with van der Waals surface area (Å²) in [4.78, 5) is 48.2. The molecule has 188 valence electrons. The van der Waals surface area contributed by atoms with Crippen LogP contribution in [0.1, 0.15) is 41.5 Å². The van der Waals surface area contributed by atoms with Gasteiger partial charge in [-0.25, -0.2) is 4.79 Å². The van der Waals surface area contributed by atoms with Gasteiger partial charge < -0.3 is 15.4 Å². The van der Waals surface area contributed by atoms with E-state index < -0.39 is 34.4 Å². The van der Waals surface area contributed by atoms with Crippen LogP contribution in [0.2, 0.25) is 5.02 Å². The fourth-order valence-corrected chi connectivity index (χ4v) is 4.33. The molecule has 0 fully saturated rings. The zero-order valence-corrected chi connectivity index (χ0v) is 19.9. The lowest BCUT2D eigenvalue weighted by Gasteiger charge is -2.11. The second-order valence-corrected chi connectivity index (χ2v) is 8.59. The maximum atomic E-state index is 13.1. The zero-order valence-electron chi connectivity index (χ0n) is 18.4. The smallest absolute Gasteiger partial charge is 0.416 e. The summed E-state index contributed by atoms with van der Waals surface area (Å²) in [6.07, 6.45) is -4.68. The number of amides is 2. The molecule has 0 radical (unpaired) electrons. The molecule has 9 nitrogen and oxygen atoms in total. The number of thiophene rings is 1. The third-order valence-electron chi connectivity index (χ3n) is 4.83. The number of halogens is 4. The topological polar surface area (TPSA) is 128 Å². The second kappa shape index (κ2) is 10.3. The van der Waals surface area contributed by atoms with Gasteiger partial charge in [-0.3, -0.25) is 19.7 Å². The standard InChI is InChI=1S/C22H15ClF3N3O6S/c1-10-16(21(32)35-2)20(28-18(30)11-4-3-5-13(8-11)29(33)34)36-17(10)19(31)27-15-9-12(22(24,25)26)6-7-14(15)23/h3-9H,1-2H3,(H,27,31)(H,28,30). The van der Waals surface area contributed by atoms with Crippen LogP contribution in [0.5, 0.6) is 0 Å². The first-order chi connectivity index (χ1) is 16.8. The number of hydrogen-bond donors (Lipinski definition) is 2. The number of carbonyl (C=O) groups is 3. The van der Waals surface area contributed by atoms with Crippen molar-refractivity contribution in [2.45, 2.75) is 13.1 Å². The summed E-state index contributed by atoms with van der Waals surface area (Å²) in [7, 11) is 1.08. The van der Waals surface area contributed by atoms with Crippen molar-refractivity contribution in [3.05, 3.63) is 84.7 Å². The molecule has 1 aromatic heterocycles. The Morgan fingerprint density at radius 2 is 1.78 bits per heavy atom. The van der Waals surface area contributed by atoms with Crippen LogP contribution < -0.4 is 10.6 Å². The maximum Gasteiger partial charge on any atom is 0.416 e. The molecule has 2 N–H and O–H groups in total. The van der Waals surface area contributed by atoms with Crippen molar-refractivity contribution in [1.29, 1.82) is 0 Å². The van der Waals surface area contributed by atoms with Crippen LogP contribution in [0.25, 0.3) is 0 Å². The summed E-state index contributed by atoms with van der Waals surface area (Å²) in [6, 6.07) is 7.21. The number of benzene rings is 2. The number of anilines is 2. The monoisotopic (exact) mass is 541 g/mol. The van der Waals surface area contributed by atoms with Crippen molar-refractivity contribution >= 4 is 57.1 Å². The van der Waals surface area contributed by atoms with Gasteiger partial charge >= 0.3 is 12.1 Å². The summed E-state index contributed by atoms with van der Waals surface area (Å²) in [5, 5.41) is 15.4. The first-order valence-corrected chi connectivity index (χ1v) is 11.0. The number of nitrogens with one attached hydrogen (secondary N) is 2. The summed E-state index contributed by atoms with van der Waals surface area (Å²) in [5.74, 6) is -2.59. The highest BCUT2D eigenvalue weighted by Crippen LogP contribution is 2.37. The number of rotatable bonds is 6. The Labute approximate surface area is 210 Å². The fourth-order valence-electron chi connectivity index (χ4n) is 3.08. The molecule has 14 heteroatoms. The lowest BCUT2D eigenvalue weighted by Crippen LogP contribution is -2.15. The fraction of sp³-hybridized carbons (Fsp3) is 0.136. The van der Waals surface area contributed by atoms with Crippen LogP contribution >= 0.6 is 22.9 Å². The van der Waals surface area contributed by atoms with Crippen LogP contribution in [0.4, 0.5) is 29.5 Å². The lowest BCUT2D eigenvalue weighted by atomic mass is 10.1. The molecule has 0 saturated heterocycles. The van der Waals surface area contributed by atoms with Crippen molar-refractivity contribution in [2.75, 3.05) is 17.7 Å². The average molecular weight is 542 g/mol. The van der Waals surface area contributed by atoms with E-state index in [4.69, 9.17) is 16.3 Å². The van der Waals surface area contributed by atoms with Crippen molar-refractivity contribution in [3.8, 4) is 0 Å². The van der Waals surface area contributed by atoms with Gasteiger partial charge in [0.1, 0.15) is 5.00 Å². The largest absolute Gasteiger partial charge is 0.465 e. The highest BCUT2D eigenvalue weighted by Gasteiger charge is 2.32. The van der Waals surface area contributed by atoms with E-state index in [1.165, 1.54) is 25.1 Å². The minimum Gasteiger partial charge on any atom is -0.465 e. The highest BCUT2D eigenvalue weighted by molar-refractivity contribution is 7.19. The Hall–Kier alpha value is -3.97. The van der Waals surface area contributed by atoms with Crippen molar-refractivity contribution in [1.82, 2.24) is 0 Å². The Bertz CT molecular complexity index is 1390. The number of carbonyl (C=O) groups excluding carboxylic acids is 3. The average Bonchev–Trinajstić information content (AvgIpc) is 3.14. The summed E-state index contributed by atoms with van der Waals surface area (Å²) in [5.41, 5.74) is -1.86. The van der Waals surface area contributed by atoms with Gasteiger partial charge in [0.15, 0.2) is 0 Å². The van der Waals surface area contributed by atoms with E-state index in [1.54, 1.807) is 0 Å². The van der Waals surface area contributed by atoms with Gasteiger partial charge in [0, 0.05) is 17.7 Å². The predicted octanol–water partition coefficient (Wildman–Crippen LogP) is 5.93. The number of alkyl halides is 3. The molecule has 3 aromatic rings. The third kappa shape index (κ3) is 5.63. The van der Waals surface area contributed by atoms with Crippen molar-refractivity contribution < 1.29 is 37.2 Å². The van der Waals surface area contributed by atoms with Crippen LogP contribution in [0.15, 0.2) is 42.5 Å². The summed E-state index contributed by atoms with van der Waals surface area (Å²) >= 11 is 6.60. The SMILES string of the molecule is COC(=O)c1c(NC(=O)c2cccc([N+](=O)[O-])c2)sc(C(=O)Nc2cc(C(F)(F)F)ccc2Cl)c1C. The van der Waals surface area contributed by atoms with Gasteiger partial charge in [0.05, 0.1) is 38.7 Å². The van der Waals surface area contributed by atoms with Gasteiger partial charge in [0.2, 0.25) is 0 Å². The molecule has 2 amide bonds. The van der Waals surface area contributed by atoms with Gasteiger partial charge in [-0.15, -0.1) is 11.3 Å². The quantitative estimate of drug-likeness (QED) is 0.226. The van der Waals surface area contributed by atoms with Crippen LogP contribution in [-0.2, 0) is 10.9 Å². The Morgan fingerprint density at radius 3 is 2.39 bits per heavy atom. The van der Waals surface area contributed by atoms with E-state index >= 15 is 0 Å². The first kappa shape index (κ1) is 26.6. The van der Waals surface area contributed by atoms with E-state index in [-0.39, 0.29) is 43.0 Å². The molecule has 0 aliphatic carbocycles. The molecule has 0 aliphatic heterocycles. The van der Waals surface area contributed by atoms with Gasteiger partial charge in [-0.1, -0.05) is 17.7 Å². The molecule has 0 saturated carbocycles. The number of non-ortho nitro benzene ring substituents is 1. The normalized spacial score (nSPS) is 11.1. The molecular weight excluding hydrogens is 527 g/mol. The molecule has 1 heterocycles. The Balaban J connectivity index is 1.97. The number of esters is 1. The van der Waals surface area contributed by atoms with E-state index in [9.17, 15) is 37.7 Å². The van der Waals surface area contributed by atoms with Crippen LogP contribution in [-0.4, -0.2) is 29.8 Å². The number of ether oxygens (including phenoxy) is 1. The van der Waals surface area contributed by atoms with E-state index in [0.717, 1.165) is 25.3 Å². The maximum absolute atomic E-state index is 13.1. The summed E-state index contributed by atoms with van der Waals surface area (Å²) in [6.45, 7) is 1.38. The van der Waals surface area contributed by atoms with Crippen molar-refractivity contribution in [2.24, 2.45) is 0 Å². The van der Waals surface area contributed by atoms with E-state index in [1.807, 2.05) is 0 Å². The minimum atomic E-state index is -4.68. The Kier molecular flexibility index (Phi) is 7.65. The van der Waals surface area contributed by atoms with Crippen molar-refractivity contribution in [3.63, 3.8) is 0 Å². The van der Waals surface area contributed by atoms with E-state index in [0.29, 0.717) is 17.4 Å². The molecule has 3 rings (SSSR count). The number of hydrogen-bond acceptors (Lipinski definition) is 7. The molecule has 36 heavy (non-hydrogen) atoms. The molecule has 0 bridgehead atoms. The molecule has 0 aliphatic rings. The third-order valence-corrected chi connectivity index (χ3v) is 6.37. The Morgan fingerprint density at radius 1 is 1.08 bits per heavy atom. The number of methoxy groups -OCH3 is 1. The number of nitro benzene ring substituents is 1. The highest BCUT2D eigenvalue weighted by atomic mass is 35.5. The van der Waals surface area contributed by atoms with Crippen LogP contribution in [0.3, 0.4) is 0 Å². The molecule has 0 spiro atoms. The van der Waals surface area contributed by atoms with Gasteiger partial charge in [-0.2, -0.15) is 13.2 Å².